The molecule has 0 aliphatic rings. The van der Waals surface area contributed by atoms with E-state index in [1.54, 1.807) is 13.3 Å². The standard InChI is InChI=1S/C31H29N5O2/c1-38-16-15-36-21-26(19-35-36)25-11-12-27-28(20-34-29(27)17-25)31(37)30(24-5-3-2-4-6-24)33-14-13-22-7-9-23(18-32)10-8-22/h2-12,17,19-21,30,33-34H,13-16H2,1H3/t30-/m0/s1. The van der Waals surface area contributed by atoms with Crippen molar-refractivity contribution in [3.8, 4) is 17.2 Å². The number of hydrogen-bond donors (Lipinski definition) is 2. The average molecular weight is 504 g/mol. The number of H-pyrrole nitrogens is 1. The lowest BCUT2D eigenvalue weighted by Crippen LogP contribution is -2.30. The molecule has 5 aromatic rings. The normalized spacial score (nSPS) is 11.9. The molecule has 0 bridgehead atoms. The zero-order valence-corrected chi connectivity index (χ0v) is 21.2. The fraction of sp³-hybridized carbons (Fsp3) is 0.194. The van der Waals surface area contributed by atoms with Gasteiger partial charge in [-0.25, -0.2) is 0 Å². The van der Waals surface area contributed by atoms with Crippen LogP contribution in [0.3, 0.4) is 0 Å². The Balaban J connectivity index is 1.36. The maximum Gasteiger partial charge on any atom is 0.186 e. The summed E-state index contributed by atoms with van der Waals surface area (Å²) >= 11 is 0. The lowest BCUT2D eigenvalue weighted by molar-refractivity contribution is 0.0945. The van der Waals surface area contributed by atoms with Crippen molar-refractivity contribution in [2.45, 2.75) is 19.0 Å². The van der Waals surface area contributed by atoms with E-state index < -0.39 is 6.04 Å². The van der Waals surface area contributed by atoms with E-state index in [2.05, 4.69) is 27.5 Å². The van der Waals surface area contributed by atoms with Crippen molar-refractivity contribution in [3.63, 3.8) is 0 Å². The molecule has 1 atom stereocenters. The number of methoxy groups -OCH3 is 1. The second kappa shape index (κ2) is 11.7. The highest BCUT2D eigenvalue weighted by atomic mass is 16.5. The molecule has 38 heavy (non-hydrogen) atoms. The number of rotatable bonds is 11. The van der Waals surface area contributed by atoms with E-state index >= 15 is 0 Å². The molecule has 0 aliphatic heterocycles. The smallest absolute Gasteiger partial charge is 0.186 e. The molecule has 0 saturated carbocycles. The van der Waals surface area contributed by atoms with Crippen LogP contribution in [0.1, 0.15) is 33.1 Å². The van der Waals surface area contributed by atoms with Gasteiger partial charge in [-0.3, -0.25) is 9.48 Å². The number of carbonyl (C=O) groups is 1. The van der Waals surface area contributed by atoms with Gasteiger partial charge >= 0.3 is 0 Å². The van der Waals surface area contributed by atoms with Gasteiger partial charge in [-0.15, -0.1) is 0 Å². The lowest BCUT2D eigenvalue weighted by Gasteiger charge is -2.18. The fourth-order valence-corrected chi connectivity index (χ4v) is 4.60. The van der Waals surface area contributed by atoms with Gasteiger partial charge in [0.15, 0.2) is 5.78 Å². The number of aromatic nitrogens is 3. The molecule has 190 valence electrons. The predicted octanol–water partition coefficient (Wildman–Crippen LogP) is 5.31. The van der Waals surface area contributed by atoms with Crippen LogP contribution < -0.4 is 5.32 Å². The third kappa shape index (κ3) is 5.57. The second-order valence-electron chi connectivity index (χ2n) is 9.17. The van der Waals surface area contributed by atoms with Crippen molar-refractivity contribution < 1.29 is 9.53 Å². The van der Waals surface area contributed by atoms with Crippen LogP contribution in [0.2, 0.25) is 0 Å². The Labute approximate surface area is 221 Å². The summed E-state index contributed by atoms with van der Waals surface area (Å²) < 4.78 is 7.00. The molecule has 2 N–H and O–H groups in total. The van der Waals surface area contributed by atoms with Crippen LogP contribution in [-0.2, 0) is 17.7 Å². The average Bonchev–Trinajstić information content (AvgIpc) is 3.62. The summed E-state index contributed by atoms with van der Waals surface area (Å²) in [5, 5.41) is 17.8. The van der Waals surface area contributed by atoms with E-state index in [0.717, 1.165) is 39.6 Å². The van der Waals surface area contributed by atoms with Crippen LogP contribution in [-0.4, -0.2) is 40.8 Å². The maximum atomic E-state index is 13.9. The highest BCUT2D eigenvalue weighted by Gasteiger charge is 2.24. The third-order valence-corrected chi connectivity index (χ3v) is 6.68. The molecule has 0 aliphatic carbocycles. The number of benzene rings is 3. The van der Waals surface area contributed by atoms with Gasteiger partial charge in [0.1, 0.15) is 0 Å². The van der Waals surface area contributed by atoms with Crippen LogP contribution in [0.5, 0.6) is 0 Å². The van der Waals surface area contributed by atoms with Crippen LogP contribution in [0.15, 0.2) is 91.4 Å². The summed E-state index contributed by atoms with van der Waals surface area (Å²) in [7, 11) is 1.68. The van der Waals surface area contributed by atoms with E-state index in [0.29, 0.717) is 30.8 Å². The Morgan fingerprint density at radius 2 is 1.92 bits per heavy atom. The predicted molar refractivity (Wildman–Crippen MR) is 148 cm³/mol. The van der Waals surface area contributed by atoms with Crippen molar-refractivity contribution in [2.24, 2.45) is 0 Å². The number of ketones is 1. The van der Waals surface area contributed by atoms with Crippen LogP contribution in [0, 0.1) is 11.3 Å². The second-order valence-corrected chi connectivity index (χ2v) is 9.17. The molecule has 3 aromatic carbocycles. The molecule has 0 amide bonds. The molecule has 7 nitrogen and oxygen atoms in total. The number of carbonyl (C=O) groups excluding carboxylic acids is 1. The number of fused-ring (bicyclic) bond motifs is 1. The van der Waals surface area contributed by atoms with Crippen molar-refractivity contribution >= 4 is 16.7 Å². The summed E-state index contributed by atoms with van der Waals surface area (Å²) in [5.74, 6) is 0.0161. The minimum absolute atomic E-state index is 0.0161. The summed E-state index contributed by atoms with van der Waals surface area (Å²) in [5.41, 5.74) is 6.27. The van der Waals surface area contributed by atoms with Gasteiger partial charge in [0.05, 0.1) is 37.0 Å². The number of nitriles is 1. The molecular formula is C31H29N5O2. The third-order valence-electron chi connectivity index (χ3n) is 6.68. The first-order valence-electron chi connectivity index (χ1n) is 12.6. The summed E-state index contributed by atoms with van der Waals surface area (Å²) in [4.78, 5) is 17.2. The Morgan fingerprint density at radius 3 is 2.68 bits per heavy atom. The van der Waals surface area contributed by atoms with Crippen LogP contribution >= 0.6 is 0 Å². The highest BCUT2D eigenvalue weighted by Crippen LogP contribution is 2.29. The van der Waals surface area contributed by atoms with E-state index in [-0.39, 0.29) is 5.78 Å². The summed E-state index contributed by atoms with van der Waals surface area (Å²) in [6, 6.07) is 25.1. The maximum absolute atomic E-state index is 13.9. The highest BCUT2D eigenvalue weighted by molar-refractivity contribution is 6.11. The van der Waals surface area contributed by atoms with E-state index in [1.807, 2.05) is 83.8 Å². The Hall–Kier alpha value is -4.51. The number of Topliss-reactive ketones (excluding diaryl/α,β-unsaturated/α-hetero) is 1. The first kappa shape index (κ1) is 25.2. The van der Waals surface area contributed by atoms with Crippen molar-refractivity contribution in [3.05, 3.63) is 114 Å². The van der Waals surface area contributed by atoms with Crippen molar-refractivity contribution in [1.82, 2.24) is 20.1 Å². The van der Waals surface area contributed by atoms with Crippen molar-refractivity contribution in [2.75, 3.05) is 20.3 Å². The Bertz CT molecular complexity index is 1560. The minimum Gasteiger partial charge on any atom is -0.383 e. The molecule has 7 heteroatoms. The fourth-order valence-electron chi connectivity index (χ4n) is 4.60. The van der Waals surface area contributed by atoms with Gasteiger partial charge in [-0.2, -0.15) is 10.4 Å². The zero-order chi connectivity index (χ0) is 26.3. The first-order valence-corrected chi connectivity index (χ1v) is 12.6. The van der Waals surface area contributed by atoms with Gasteiger partial charge < -0.3 is 15.0 Å². The van der Waals surface area contributed by atoms with E-state index in [4.69, 9.17) is 10.00 Å². The molecule has 0 saturated heterocycles. The molecule has 2 heterocycles. The minimum atomic E-state index is -0.479. The van der Waals surface area contributed by atoms with E-state index in [1.165, 1.54) is 0 Å². The summed E-state index contributed by atoms with van der Waals surface area (Å²) in [6.07, 6.45) is 6.39. The quantitative estimate of drug-likeness (QED) is 0.238. The number of aromatic amines is 1. The van der Waals surface area contributed by atoms with Gasteiger partial charge in [-0.1, -0.05) is 54.6 Å². The zero-order valence-electron chi connectivity index (χ0n) is 21.2. The van der Waals surface area contributed by atoms with Gasteiger partial charge in [-0.05, 0) is 41.3 Å². The molecule has 0 radical (unpaired) electrons. The molecular weight excluding hydrogens is 474 g/mol. The Morgan fingerprint density at radius 1 is 1.11 bits per heavy atom. The topological polar surface area (TPSA) is 95.7 Å². The number of hydrogen-bond acceptors (Lipinski definition) is 5. The number of nitrogens with zero attached hydrogens (tertiary/aromatic N) is 3. The number of ether oxygens (including phenoxy) is 1. The number of nitrogens with one attached hydrogen (secondary N) is 2. The molecule has 0 fully saturated rings. The largest absolute Gasteiger partial charge is 0.383 e. The molecule has 2 aromatic heterocycles. The molecule has 5 rings (SSSR count). The van der Waals surface area contributed by atoms with Gasteiger partial charge in [0.25, 0.3) is 0 Å². The summed E-state index contributed by atoms with van der Waals surface area (Å²) in [6.45, 7) is 1.92. The monoisotopic (exact) mass is 503 g/mol. The molecule has 0 unspecified atom stereocenters. The molecule has 0 spiro atoms. The first-order chi connectivity index (χ1) is 18.7. The van der Waals surface area contributed by atoms with Gasteiger partial charge in [0.2, 0.25) is 0 Å². The lowest BCUT2D eigenvalue weighted by atomic mass is 9.96. The van der Waals surface area contributed by atoms with Crippen LogP contribution in [0.4, 0.5) is 0 Å². The van der Waals surface area contributed by atoms with E-state index in [9.17, 15) is 4.79 Å². The Kier molecular flexibility index (Phi) is 7.74. The van der Waals surface area contributed by atoms with Crippen molar-refractivity contribution in [1.29, 1.82) is 5.26 Å². The SMILES string of the molecule is COCCn1cc(-c2ccc3c(C(=O)[C@@H](NCCc4ccc(C#N)cc4)c4ccccc4)c[nH]c3c2)cn1. The van der Waals surface area contributed by atoms with Gasteiger partial charge in [0, 0.05) is 48.1 Å². The van der Waals surface area contributed by atoms with Crippen LogP contribution in [0.25, 0.3) is 22.0 Å².